The average molecular weight is 383 g/mol. The number of hydrogen-bond donors (Lipinski definition) is 3. The summed E-state index contributed by atoms with van der Waals surface area (Å²) in [6.07, 6.45) is -1.06. The molecular weight excluding hydrogens is 365 g/mol. The van der Waals surface area contributed by atoms with Crippen LogP contribution < -0.4 is 10.0 Å². The number of hydrogen-bond acceptors (Lipinski definition) is 6. The third kappa shape index (κ3) is 4.34. The number of aliphatic hydroxyl groups is 1. The summed E-state index contributed by atoms with van der Waals surface area (Å²) in [4.78, 5) is 10.3. The van der Waals surface area contributed by atoms with Gasteiger partial charge in [-0.3, -0.25) is 10.1 Å². The van der Waals surface area contributed by atoms with Gasteiger partial charge in [-0.15, -0.1) is 0 Å². The SMILES string of the molecule is CNS(=O)(=O)c1ccc(NC(C)C(O)c2ccc(F)cc2)c([N+](=O)[O-])c1. The number of aliphatic hydroxyl groups excluding tert-OH is 1. The Morgan fingerprint density at radius 3 is 2.35 bits per heavy atom. The predicted molar refractivity (Wildman–Crippen MR) is 93.8 cm³/mol. The maximum Gasteiger partial charge on any atom is 0.293 e. The molecule has 0 aromatic heterocycles. The van der Waals surface area contributed by atoms with Crippen molar-refractivity contribution in [3.05, 3.63) is 64.0 Å². The van der Waals surface area contributed by atoms with Gasteiger partial charge < -0.3 is 10.4 Å². The highest BCUT2D eigenvalue weighted by molar-refractivity contribution is 7.89. The van der Waals surface area contributed by atoms with Crippen molar-refractivity contribution in [1.82, 2.24) is 4.72 Å². The molecule has 0 aliphatic rings. The van der Waals surface area contributed by atoms with Crippen LogP contribution in [0, 0.1) is 15.9 Å². The first-order valence-corrected chi connectivity index (χ1v) is 9.06. The fourth-order valence-electron chi connectivity index (χ4n) is 2.34. The first-order valence-electron chi connectivity index (χ1n) is 7.57. The van der Waals surface area contributed by atoms with Crippen molar-refractivity contribution < 1.29 is 22.8 Å². The van der Waals surface area contributed by atoms with Gasteiger partial charge >= 0.3 is 0 Å². The van der Waals surface area contributed by atoms with Crippen LogP contribution in [0.15, 0.2) is 47.4 Å². The zero-order valence-corrected chi connectivity index (χ0v) is 14.8. The summed E-state index contributed by atoms with van der Waals surface area (Å²) < 4.78 is 38.7. The van der Waals surface area contributed by atoms with Gasteiger partial charge in [0.2, 0.25) is 10.0 Å². The second-order valence-electron chi connectivity index (χ2n) is 5.57. The van der Waals surface area contributed by atoms with Gasteiger partial charge in [0.1, 0.15) is 11.5 Å². The monoisotopic (exact) mass is 383 g/mol. The number of nitro benzene ring substituents is 1. The highest BCUT2D eigenvalue weighted by Crippen LogP contribution is 2.30. The molecule has 0 saturated heterocycles. The third-order valence-corrected chi connectivity index (χ3v) is 5.23. The Labute approximate surface area is 149 Å². The molecule has 0 amide bonds. The molecule has 0 fully saturated rings. The highest BCUT2D eigenvalue weighted by atomic mass is 32.2. The molecule has 140 valence electrons. The number of rotatable bonds is 7. The third-order valence-electron chi connectivity index (χ3n) is 3.81. The fraction of sp³-hybridized carbons (Fsp3) is 0.250. The van der Waals surface area contributed by atoms with Gasteiger partial charge in [0, 0.05) is 6.07 Å². The van der Waals surface area contributed by atoms with E-state index in [1.165, 1.54) is 43.4 Å². The molecule has 2 unspecified atom stereocenters. The average Bonchev–Trinajstić information content (AvgIpc) is 2.61. The Balaban J connectivity index is 2.30. The lowest BCUT2D eigenvalue weighted by atomic mass is 10.0. The van der Waals surface area contributed by atoms with Crippen molar-refractivity contribution in [2.75, 3.05) is 12.4 Å². The Morgan fingerprint density at radius 2 is 1.81 bits per heavy atom. The molecular formula is C16H18FN3O5S. The number of benzene rings is 2. The molecule has 0 saturated carbocycles. The van der Waals surface area contributed by atoms with Crippen molar-refractivity contribution in [3.63, 3.8) is 0 Å². The van der Waals surface area contributed by atoms with Crippen molar-refractivity contribution in [2.24, 2.45) is 0 Å². The second-order valence-corrected chi connectivity index (χ2v) is 7.46. The minimum absolute atomic E-state index is 0.0544. The van der Waals surface area contributed by atoms with Crippen LogP contribution in [0.3, 0.4) is 0 Å². The topological polar surface area (TPSA) is 122 Å². The minimum atomic E-state index is -3.83. The molecule has 2 aromatic rings. The molecule has 0 spiro atoms. The van der Waals surface area contributed by atoms with Crippen molar-refractivity contribution in [2.45, 2.75) is 24.0 Å². The van der Waals surface area contributed by atoms with Gasteiger partial charge in [-0.25, -0.2) is 17.5 Å². The van der Waals surface area contributed by atoms with E-state index in [2.05, 4.69) is 10.0 Å². The molecule has 8 nitrogen and oxygen atoms in total. The summed E-state index contributed by atoms with van der Waals surface area (Å²) in [7, 11) is -2.63. The number of nitrogens with zero attached hydrogens (tertiary/aromatic N) is 1. The van der Waals surface area contributed by atoms with Crippen LogP contribution in [0.5, 0.6) is 0 Å². The minimum Gasteiger partial charge on any atom is -0.386 e. The van der Waals surface area contributed by atoms with E-state index in [0.29, 0.717) is 5.56 Å². The summed E-state index contributed by atoms with van der Waals surface area (Å²) in [6.45, 7) is 1.59. The van der Waals surface area contributed by atoms with E-state index < -0.39 is 38.6 Å². The van der Waals surface area contributed by atoms with E-state index in [4.69, 9.17) is 0 Å². The Bertz CT molecular complexity index is 903. The second kappa shape index (κ2) is 7.77. The predicted octanol–water partition coefficient (Wildman–Crippen LogP) is 2.18. The smallest absolute Gasteiger partial charge is 0.293 e. The molecule has 0 radical (unpaired) electrons. The van der Waals surface area contributed by atoms with Crippen LogP contribution >= 0.6 is 0 Å². The van der Waals surface area contributed by atoms with Crippen LogP contribution in [0.2, 0.25) is 0 Å². The molecule has 2 rings (SSSR count). The number of anilines is 1. The lowest BCUT2D eigenvalue weighted by Crippen LogP contribution is -2.25. The van der Waals surface area contributed by atoms with E-state index in [9.17, 15) is 28.0 Å². The van der Waals surface area contributed by atoms with Crippen LogP contribution in [-0.4, -0.2) is 31.5 Å². The fourth-order valence-corrected chi connectivity index (χ4v) is 3.09. The molecule has 2 aromatic carbocycles. The van der Waals surface area contributed by atoms with Gasteiger partial charge in [-0.05, 0) is 43.8 Å². The van der Waals surface area contributed by atoms with Gasteiger partial charge in [-0.2, -0.15) is 0 Å². The zero-order valence-electron chi connectivity index (χ0n) is 14.0. The first kappa shape index (κ1) is 19.8. The van der Waals surface area contributed by atoms with Crippen molar-refractivity contribution >= 4 is 21.4 Å². The molecule has 0 aliphatic heterocycles. The molecule has 10 heteroatoms. The lowest BCUT2D eigenvalue weighted by Gasteiger charge is -2.21. The highest BCUT2D eigenvalue weighted by Gasteiger charge is 2.23. The summed E-state index contributed by atoms with van der Waals surface area (Å²) in [6, 6.07) is 7.98. The van der Waals surface area contributed by atoms with Gasteiger partial charge in [-0.1, -0.05) is 12.1 Å². The maximum atomic E-state index is 13.0. The standard InChI is InChI=1S/C16H18FN3O5S/c1-10(16(21)11-3-5-12(17)6-4-11)19-14-8-7-13(26(24,25)18-2)9-15(14)20(22)23/h3-10,16,18-19,21H,1-2H3. The maximum absolute atomic E-state index is 13.0. The molecule has 0 aliphatic carbocycles. The summed E-state index contributed by atoms with van der Waals surface area (Å²) in [5.41, 5.74) is 0.0432. The summed E-state index contributed by atoms with van der Waals surface area (Å²) in [5, 5.41) is 24.4. The van der Waals surface area contributed by atoms with E-state index in [1.54, 1.807) is 6.92 Å². The van der Waals surface area contributed by atoms with E-state index >= 15 is 0 Å². The van der Waals surface area contributed by atoms with E-state index in [0.717, 1.165) is 6.07 Å². The van der Waals surface area contributed by atoms with Gasteiger partial charge in [0.05, 0.1) is 22.0 Å². The van der Waals surface area contributed by atoms with Crippen LogP contribution in [0.4, 0.5) is 15.8 Å². The molecule has 2 atom stereocenters. The normalized spacial score (nSPS) is 13.8. The molecule has 26 heavy (non-hydrogen) atoms. The number of sulfonamides is 1. The van der Waals surface area contributed by atoms with Crippen LogP contribution in [-0.2, 0) is 10.0 Å². The number of halogens is 1. The van der Waals surface area contributed by atoms with Crippen LogP contribution in [0.25, 0.3) is 0 Å². The Morgan fingerprint density at radius 1 is 1.19 bits per heavy atom. The molecule has 0 heterocycles. The summed E-state index contributed by atoms with van der Waals surface area (Å²) in [5.74, 6) is -0.446. The Hall–Kier alpha value is -2.56. The van der Waals surface area contributed by atoms with Crippen molar-refractivity contribution in [1.29, 1.82) is 0 Å². The van der Waals surface area contributed by atoms with Crippen LogP contribution in [0.1, 0.15) is 18.6 Å². The largest absolute Gasteiger partial charge is 0.386 e. The quantitative estimate of drug-likeness (QED) is 0.498. The molecule has 0 bridgehead atoms. The number of nitrogens with one attached hydrogen (secondary N) is 2. The Kier molecular flexibility index (Phi) is 5.90. The lowest BCUT2D eigenvalue weighted by molar-refractivity contribution is -0.384. The van der Waals surface area contributed by atoms with Crippen molar-refractivity contribution in [3.8, 4) is 0 Å². The molecule has 3 N–H and O–H groups in total. The van der Waals surface area contributed by atoms with Gasteiger partial charge in [0.15, 0.2) is 0 Å². The van der Waals surface area contributed by atoms with E-state index in [1.807, 2.05) is 0 Å². The number of nitro groups is 1. The van der Waals surface area contributed by atoms with E-state index in [-0.39, 0.29) is 10.6 Å². The first-order chi connectivity index (χ1) is 12.2. The van der Waals surface area contributed by atoms with Gasteiger partial charge in [0.25, 0.3) is 5.69 Å². The summed E-state index contributed by atoms with van der Waals surface area (Å²) >= 11 is 0. The zero-order chi connectivity index (χ0) is 19.5.